The maximum atomic E-state index is 12.0. The van der Waals surface area contributed by atoms with Crippen molar-refractivity contribution in [1.82, 2.24) is 15.2 Å². The Balaban J connectivity index is 1.81. The number of nitrogens with zero attached hydrogens (tertiary/aromatic N) is 2. The number of hydrogen-bond acceptors (Lipinski definition) is 5. The molecule has 1 heterocycles. The number of fused-ring (bicyclic) bond motifs is 1. The van der Waals surface area contributed by atoms with E-state index < -0.39 is 11.7 Å². The first-order valence-electron chi connectivity index (χ1n) is 8.58. The molecule has 0 atom stereocenters. The highest BCUT2D eigenvalue weighted by Crippen LogP contribution is 2.15. The topological polar surface area (TPSA) is 84.7 Å². The van der Waals surface area contributed by atoms with Gasteiger partial charge in [-0.1, -0.05) is 12.1 Å². The molecule has 2 aromatic rings. The molecule has 26 heavy (non-hydrogen) atoms. The van der Waals surface area contributed by atoms with Gasteiger partial charge in [-0.05, 0) is 39.8 Å². The monoisotopic (exact) mass is 359 g/mol. The van der Waals surface area contributed by atoms with E-state index in [9.17, 15) is 9.59 Å². The number of likely N-dealkylation sites (N-methyl/N-ethyl adjacent to an activating group) is 1. The van der Waals surface area contributed by atoms with Crippen molar-refractivity contribution in [3.63, 3.8) is 0 Å². The molecule has 1 N–H and O–H groups in total. The SMILES string of the molecule is CCN(CCNC(=O)C=Cc1nc2ccccc2o1)C(=O)OC(C)(C)C. The molecule has 140 valence electrons. The molecule has 0 fully saturated rings. The molecule has 0 radical (unpaired) electrons. The number of amides is 2. The lowest BCUT2D eigenvalue weighted by Gasteiger charge is -2.26. The molecule has 0 aliphatic rings. The molecule has 7 nitrogen and oxygen atoms in total. The van der Waals surface area contributed by atoms with E-state index in [-0.39, 0.29) is 5.91 Å². The molecule has 0 bridgehead atoms. The Hall–Kier alpha value is -2.83. The third kappa shape index (κ3) is 5.91. The lowest BCUT2D eigenvalue weighted by Crippen LogP contribution is -2.41. The molecule has 0 aliphatic carbocycles. The molecule has 0 saturated heterocycles. The van der Waals surface area contributed by atoms with Crippen LogP contribution in [0.1, 0.15) is 33.6 Å². The Morgan fingerprint density at radius 2 is 2.04 bits per heavy atom. The Labute approximate surface area is 153 Å². The molecule has 1 aromatic heterocycles. The fraction of sp³-hybridized carbons (Fsp3) is 0.421. The summed E-state index contributed by atoms with van der Waals surface area (Å²) in [6.45, 7) is 8.51. The average molecular weight is 359 g/mol. The second kappa shape index (κ2) is 8.51. The number of nitrogens with one attached hydrogen (secondary N) is 1. The molecule has 1 aromatic carbocycles. The highest BCUT2D eigenvalue weighted by molar-refractivity contribution is 5.91. The maximum absolute atomic E-state index is 12.0. The van der Waals surface area contributed by atoms with Gasteiger partial charge in [0.05, 0.1) is 0 Å². The highest BCUT2D eigenvalue weighted by atomic mass is 16.6. The zero-order chi connectivity index (χ0) is 19.2. The van der Waals surface area contributed by atoms with E-state index in [0.717, 1.165) is 5.52 Å². The van der Waals surface area contributed by atoms with Gasteiger partial charge in [0, 0.05) is 31.8 Å². The molecule has 0 aliphatic heterocycles. The van der Waals surface area contributed by atoms with Crippen molar-refractivity contribution in [3.05, 3.63) is 36.2 Å². The van der Waals surface area contributed by atoms with Crippen molar-refractivity contribution in [2.24, 2.45) is 0 Å². The third-order valence-corrected chi connectivity index (χ3v) is 3.40. The molecule has 0 spiro atoms. The van der Waals surface area contributed by atoms with Gasteiger partial charge in [0.25, 0.3) is 0 Å². The number of carbonyl (C=O) groups is 2. The number of para-hydroxylation sites is 2. The van der Waals surface area contributed by atoms with Crippen molar-refractivity contribution in [3.8, 4) is 0 Å². The zero-order valence-electron chi connectivity index (χ0n) is 15.6. The number of benzene rings is 1. The van der Waals surface area contributed by atoms with Gasteiger partial charge < -0.3 is 19.4 Å². The van der Waals surface area contributed by atoms with Gasteiger partial charge in [-0.25, -0.2) is 9.78 Å². The second-order valence-corrected chi connectivity index (χ2v) is 6.70. The lowest BCUT2D eigenvalue weighted by molar-refractivity contribution is -0.116. The van der Waals surface area contributed by atoms with Crippen LogP contribution in [0.4, 0.5) is 4.79 Å². The van der Waals surface area contributed by atoms with E-state index in [0.29, 0.717) is 31.1 Å². The minimum absolute atomic E-state index is 0.285. The Kier molecular flexibility index (Phi) is 6.38. The van der Waals surface area contributed by atoms with Crippen LogP contribution >= 0.6 is 0 Å². The number of ether oxygens (including phenoxy) is 1. The van der Waals surface area contributed by atoms with Gasteiger partial charge in [-0.15, -0.1) is 0 Å². The van der Waals surface area contributed by atoms with Crippen LogP contribution in [0.2, 0.25) is 0 Å². The largest absolute Gasteiger partial charge is 0.444 e. The van der Waals surface area contributed by atoms with Crippen LogP contribution in [0.3, 0.4) is 0 Å². The van der Waals surface area contributed by atoms with E-state index in [1.54, 1.807) is 0 Å². The zero-order valence-corrected chi connectivity index (χ0v) is 15.6. The van der Waals surface area contributed by atoms with E-state index in [1.165, 1.54) is 17.1 Å². The predicted octanol–water partition coefficient (Wildman–Crippen LogP) is 3.21. The van der Waals surface area contributed by atoms with Crippen LogP contribution in [0.25, 0.3) is 17.2 Å². The van der Waals surface area contributed by atoms with E-state index in [4.69, 9.17) is 9.15 Å². The Morgan fingerprint density at radius 1 is 1.31 bits per heavy atom. The molecule has 0 unspecified atom stereocenters. The van der Waals surface area contributed by atoms with E-state index >= 15 is 0 Å². The van der Waals surface area contributed by atoms with Crippen LogP contribution < -0.4 is 5.32 Å². The average Bonchev–Trinajstić information content (AvgIpc) is 2.98. The molecule has 0 saturated carbocycles. The summed E-state index contributed by atoms with van der Waals surface area (Å²) in [6.07, 6.45) is 2.48. The number of oxazole rings is 1. The van der Waals surface area contributed by atoms with E-state index in [1.807, 2.05) is 52.0 Å². The van der Waals surface area contributed by atoms with Crippen LogP contribution in [0.5, 0.6) is 0 Å². The number of carbonyl (C=O) groups excluding carboxylic acids is 2. The number of hydrogen-bond donors (Lipinski definition) is 1. The van der Waals surface area contributed by atoms with Crippen molar-refractivity contribution in [2.45, 2.75) is 33.3 Å². The van der Waals surface area contributed by atoms with Gasteiger partial charge in [0.1, 0.15) is 11.1 Å². The second-order valence-electron chi connectivity index (χ2n) is 6.70. The Morgan fingerprint density at radius 3 is 2.69 bits per heavy atom. The number of rotatable bonds is 6. The molecule has 2 rings (SSSR count). The predicted molar refractivity (Wildman–Crippen MR) is 99.5 cm³/mol. The van der Waals surface area contributed by atoms with Crippen LogP contribution in [0.15, 0.2) is 34.8 Å². The van der Waals surface area contributed by atoms with Crippen LogP contribution in [0, 0.1) is 0 Å². The van der Waals surface area contributed by atoms with Crippen molar-refractivity contribution < 1.29 is 18.7 Å². The molecular weight excluding hydrogens is 334 g/mol. The molecular formula is C19H25N3O4. The summed E-state index contributed by atoms with van der Waals surface area (Å²) < 4.78 is 10.8. The van der Waals surface area contributed by atoms with Gasteiger partial charge >= 0.3 is 6.09 Å². The summed E-state index contributed by atoms with van der Waals surface area (Å²) in [6, 6.07) is 7.38. The highest BCUT2D eigenvalue weighted by Gasteiger charge is 2.20. The van der Waals surface area contributed by atoms with Gasteiger partial charge in [0.2, 0.25) is 11.8 Å². The van der Waals surface area contributed by atoms with Crippen molar-refractivity contribution in [1.29, 1.82) is 0 Å². The molecule has 2 amide bonds. The van der Waals surface area contributed by atoms with Crippen molar-refractivity contribution in [2.75, 3.05) is 19.6 Å². The summed E-state index contributed by atoms with van der Waals surface area (Å²) in [4.78, 5) is 29.7. The summed E-state index contributed by atoms with van der Waals surface area (Å²) in [7, 11) is 0. The lowest BCUT2D eigenvalue weighted by atomic mass is 10.2. The van der Waals surface area contributed by atoms with Crippen LogP contribution in [-0.2, 0) is 9.53 Å². The first-order valence-corrected chi connectivity index (χ1v) is 8.58. The first-order chi connectivity index (χ1) is 12.3. The van der Waals surface area contributed by atoms with Crippen LogP contribution in [-0.4, -0.2) is 47.1 Å². The van der Waals surface area contributed by atoms with E-state index in [2.05, 4.69) is 10.3 Å². The fourth-order valence-electron chi connectivity index (χ4n) is 2.19. The summed E-state index contributed by atoms with van der Waals surface area (Å²) in [5.41, 5.74) is 0.864. The maximum Gasteiger partial charge on any atom is 0.410 e. The third-order valence-electron chi connectivity index (χ3n) is 3.40. The van der Waals surface area contributed by atoms with Gasteiger partial charge in [-0.3, -0.25) is 4.79 Å². The molecule has 7 heteroatoms. The summed E-state index contributed by atoms with van der Waals surface area (Å²) in [5, 5.41) is 2.72. The first kappa shape index (κ1) is 19.5. The van der Waals surface area contributed by atoms with Crippen molar-refractivity contribution >= 4 is 29.2 Å². The number of aromatic nitrogens is 1. The van der Waals surface area contributed by atoms with Gasteiger partial charge in [0.15, 0.2) is 5.58 Å². The standard InChI is InChI=1S/C19H25N3O4/c1-5-22(18(24)26-19(2,3)4)13-12-20-16(23)10-11-17-21-14-8-6-7-9-15(14)25-17/h6-11H,5,12-13H2,1-4H3,(H,20,23). The smallest absolute Gasteiger partial charge is 0.410 e. The summed E-state index contributed by atoms with van der Waals surface area (Å²) >= 11 is 0. The van der Waals surface area contributed by atoms with Gasteiger partial charge in [-0.2, -0.15) is 0 Å². The quantitative estimate of drug-likeness (QED) is 0.801. The normalized spacial score (nSPS) is 11.7. The summed E-state index contributed by atoms with van der Waals surface area (Å²) in [5.74, 6) is 0.0813. The Bertz CT molecular complexity index is 756. The minimum atomic E-state index is -0.546. The minimum Gasteiger partial charge on any atom is -0.444 e. The fourth-order valence-corrected chi connectivity index (χ4v) is 2.19.